The van der Waals surface area contributed by atoms with Gasteiger partial charge in [0.25, 0.3) is 0 Å². The first-order chi connectivity index (χ1) is 28.9. The Balaban J connectivity index is 1.59. The molecule has 5 N–H and O–H groups in total. The van der Waals surface area contributed by atoms with Crippen LogP contribution < -0.4 is 5.32 Å². The van der Waals surface area contributed by atoms with E-state index in [-0.39, 0.29) is 24.4 Å². The first kappa shape index (κ1) is 50.9. The van der Waals surface area contributed by atoms with Crippen molar-refractivity contribution in [3.05, 3.63) is 36.5 Å². The van der Waals surface area contributed by atoms with Gasteiger partial charge in [0.15, 0.2) is 24.7 Å². The number of esters is 1. The van der Waals surface area contributed by atoms with Crippen LogP contribution in [0.3, 0.4) is 0 Å². The molecule has 348 valence electrons. The molecule has 0 aromatic carbocycles. The highest BCUT2D eigenvalue weighted by Gasteiger charge is 2.50. The zero-order valence-electron chi connectivity index (χ0n) is 36.9. The minimum absolute atomic E-state index is 0.0314. The number of ketones is 1. The minimum Gasteiger partial charge on any atom is -0.459 e. The maximum Gasteiger partial charge on any atom is 0.330 e. The molecule has 0 aromatic heterocycles. The van der Waals surface area contributed by atoms with E-state index in [1.807, 2.05) is 27.7 Å². The van der Waals surface area contributed by atoms with Gasteiger partial charge in [-0.3, -0.25) is 9.59 Å². The molecule has 0 radical (unpaired) electrons. The van der Waals surface area contributed by atoms with Gasteiger partial charge in [-0.15, -0.1) is 0 Å². The molecule has 0 aliphatic carbocycles. The summed E-state index contributed by atoms with van der Waals surface area (Å²) in [6.45, 7) is 11.5. The van der Waals surface area contributed by atoms with Crippen LogP contribution in [0.25, 0.3) is 0 Å². The van der Waals surface area contributed by atoms with Gasteiger partial charge in [0.2, 0.25) is 5.91 Å². The number of allylic oxidation sites excluding steroid dienone is 3. The molecule has 3 fully saturated rings. The smallest absolute Gasteiger partial charge is 0.330 e. The standard InChI is InChI=1S/C43H69NO17/c1-21-15-16-32(48)57-25(5)28(20-55-42-40(54-10)39(53-9)34(49)26(6)58-42)13-11-12-14-29(47)22(2)17-23(3)37(21)60-43-38(30(52-8)18-24(4)56-43)61-41-33(44-27(7)46)36(51)35(50)31(19-45)59-41/h11-16,21-26,28,30-31,33-43,45,49-51H,17-20H2,1-10H3,(H,44,46)/b13-11+,14-12+,16-15+/t21-,22?,23-,24-,25+,26+,28+,30+,31-,33-,34+,35-,36-,37+,38-,39+,40+,41+,42+,43-/m0/s1. The molecule has 4 aliphatic rings. The summed E-state index contributed by atoms with van der Waals surface area (Å²) < 4.78 is 60.3. The zero-order chi connectivity index (χ0) is 45.1. The second-order valence-corrected chi connectivity index (χ2v) is 16.7. The second-order valence-electron chi connectivity index (χ2n) is 16.7. The molecule has 4 rings (SSSR count). The molecule has 0 spiro atoms. The van der Waals surface area contributed by atoms with Crippen LogP contribution in [0.5, 0.6) is 0 Å². The number of aliphatic hydroxyl groups is 4. The highest BCUT2D eigenvalue weighted by molar-refractivity contribution is 5.91. The van der Waals surface area contributed by atoms with Crippen LogP contribution >= 0.6 is 0 Å². The molecule has 61 heavy (non-hydrogen) atoms. The Morgan fingerprint density at radius 2 is 1.44 bits per heavy atom. The van der Waals surface area contributed by atoms with Gasteiger partial charge in [-0.2, -0.15) is 0 Å². The van der Waals surface area contributed by atoms with E-state index in [1.165, 1.54) is 40.4 Å². The molecule has 0 saturated carbocycles. The van der Waals surface area contributed by atoms with Crippen molar-refractivity contribution in [3.8, 4) is 0 Å². The maximum absolute atomic E-state index is 13.5. The Morgan fingerprint density at radius 1 is 0.754 bits per heavy atom. The summed E-state index contributed by atoms with van der Waals surface area (Å²) >= 11 is 0. The zero-order valence-corrected chi connectivity index (χ0v) is 36.9. The molecule has 4 aliphatic heterocycles. The van der Waals surface area contributed by atoms with Gasteiger partial charge in [-0.1, -0.05) is 45.1 Å². The molecular formula is C43H69NO17. The third kappa shape index (κ3) is 13.4. The topological polar surface area (TPSA) is 236 Å². The van der Waals surface area contributed by atoms with Crippen LogP contribution in [0, 0.1) is 23.7 Å². The molecule has 1 unspecified atom stereocenters. The fourth-order valence-corrected chi connectivity index (χ4v) is 8.33. The van der Waals surface area contributed by atoms with E-state index < -0.39 is 128 Å². The fourth-order valence-electron chi connectivity index (χ4n) is 8.33. The first-order valence-corrected chi connectivity index (χ1v) is 21.1. The van der Waals surface area contributed by atoms with E-state index in [4.69, 9.17) is 47.4 Å². The molecule has 18 nitrogen and oxygen atoms in total. The molecule has 20 atom stereocenters. The predicted molar refractivity (Wildman–Crippen MR) is 216 cm³/mol. The van der Waals surface area contributed by atoms with Gasteiger partial charge in [-0.25, -0.2) is 4.79 Å². The lowest BCUT2D eigenvalue weighted by atomic mass is 9.84. The number of methoxy groups -OCH3 is 3. The Kier molecular flexibility index (Phi) is 19.9. The van der Waals surface area contributed by atoms with Crippen molar-refractivity contribution in [2.24, 2.45) is 23.7 Å². The summed E-state index contributed by atoms with van der Waals surface area (Å²) in [6.07, 6.45) is -3.68. The Hall–Kier alpha value is -2.69. The van der Waals surface area contributed by atoms with Crippen LogP contribution in [-0.4, -0.2) is 171 Å². The summed E-state index contributed by atoms with van der Waals surface area (Å²) in [5.41, 5.74) is 0. The highest BCUT2D eigenvalue weighted by Crippen LogP contribution is 2.35. The number of carbonyl (C=O) groups excluding carboxylic acids is 3. The molecule has 18 heteroatoms. The number of carbonyl (C=O) groups is 3. The monoisotopic (exact) mass is 871 g/mol. The van der Waals surface area contributed by atoms with E-state index in [1.54, 1.807) is 38.2 Å². The number of hydrogen-bond acceptors (Lipinski definition) is 17. The van der Waals surface area contributed by atoms with Crippen molar-refractivity contribution >= 4 is 17.7 Å². The molecule has 3 saturated heterocycles. The van der Waals surface area contributed by atoms with Crippen LogP contribution in [0.15, 0.2) is 36.5 Å². The van der Waals surface area contributed by atoms with E-state index in [0.717, 1.165) is 0 Å². The van der Waals surface area contributed by atoms with Crippen LogP contribution in [0.4, 0.5) is 0 Å². The largest absolute Gasteiger partial charge is 0.459 e. The fraction of sp³-hybridized carbons (Fsp3) is 0.791. The molecule has 0 bridgehead atoms. The van der Waals surface area contributed by atoms with E-state index in [9.17, 15) is 34.8 Å². The summed E-state index contributed by atoms with van der Waals surface area (Å²) in [4.78, 5) is 39.0. The van der Waals surface area contributed by atoms with Gasteiger partial charge in [0.05, 0.1) is 37.6 Å². The van der Waals surface area contributed by atoms with Crippen molar-refractivity contribution < 1.29 is 82.2 Å². The van der Waals surface area contributed by atoms with E-state index in [0.29, 0.717) is 12.8 Å². The molecular weight excluding hydrogens is 802 g/mol. The maximum atomic E-state index is 13.5. The van der Waals surface area contributed by atoms with E-state index >= 15 is 0 Å². The normalized spacial score (nSPS) is 44.8. The van der Waals surface area contributed by atoms with Gasteiger partial charge in [-0.05, 0) is 39.2 Å². The summed E-state index contributed by atoms with van der Waals surface area (Å²) in [6, 6.07) is -1.23. The Morgan fingerprint density at radius 3 is 2.08 bits per heavy atom. The van der Waals surface area contributed by atoms with Gasteiger partial charge < -0.3 is 73.1 Å². The third-order valence-corrected chi connectivity index (χ3v) is 11.9. The van der Waals surface area contributed by atoms with Crippen molar-refractivity contribution in [2.75, 3.05) is 34.5 Å². The quantitative estimate of drug-likeness (QED) is 0.173. The van der Waals surface area contributed by atoms with Crippen LogP contribution in [0.1, 0.15) is 61.3 Å². The summed E-state index contributed by atoms with van der Waals surface area (Å²) in [5, 5.41) is 44.6. The average Bonchev–Trinajstić information content (AvgIpc) is 3.21. The predicted octanol–water partition coefficient (Wildman–Crippen LogP) is 1.10. The summed E-state index contributed by atoms with van der Waals surface area (Å²) in [7, 11) is 4.44. The number of rotatable bonds is 12. The van der Waals surface area contributed by atoms with Crippen molar-refractivity contribution in [3.63, 3.8) is 0 Å². The lowest BCUT2D eigenvalue weighted by Crippen LogP contribution is -2.66. The summed E-state index contributed by atoms with van der Waals surface area (Å²) in [5.74, 6) is -2.92. The van der Waals surface area contributed by atoms with Gasteiger partial charge in [0.1, 0.15) is 54.9 Å². The number of aliphatic hydroxyl groups excluding tert-OH is 4. The molecule has 4 heterocycles. The lowest BCUT2D eigenvalue weighted by Gasteiger charge is -2.47. The van der Waals surface area contributed by atoms with E-state index in [2.05, 4.69) is 5.32 Å². The lowest BCUT2D eigenvalue weighted by molar-refractivity contribution is -0.348. The SMILES string of the molecule is CO[C@@H]1[C@H](O)[C@@H](C)O[C@@H](OC[C@H]2/C=C/C=C/C(=O)C(C)C[C@H](C)[C@H](O[C@@H]3O[C@@H](C)C[C@@H](OC)[C@@H]3O[C@H]3O[C@@H](CO)[C@H](O)[C@@H](O)[C@@H]3NC(C)=O)[C@@H](C)/C=C/C(=O)O[C@@H]2C)[C@@H]1OC. The number of hydrogen-bond donors (Lipinski definition) is 5. The van der Waals surface area contributed by atoms with Crippen LogP contribution in [0.2, 0.25) is 0 Å². The Labute approximate surface area is 358 Å². The number of amides is 1. The Bertz CT molecular complexity index is 1490. The van der Waals surface area contributed by atoms with Crippen molar-refractivity contribution in [1.82, 2.24) is 5.32 Å². The molecule has 0 aromatic rings. The van der Waals surface area contributed by atoms with Crippen molar-refractivity contribution in [2.45, 2.75) is 159 Å². The van der Waals surface area contributed by atoms with Crippen LogP contribution in [-0.2, 0) is 61.8 Å². The van der Waals surface area contributed by atoms with Crippen molar-refractivity contribution in [1.29, 1.82) is 0 Å². The minimum atomic E-state index is -1.55. The second kappa shape index (κ2) is 23.8. The molecule has 1 amide bonds. The number of ether oxygens (including phenoxy) is 10. The highest BCUT2D eigenvalue weighted by atomic mass is 16.8. The number of nitrogens with one attached hydrogen (secondary N) is 1. The average molecular weight is 872 g/mol. The number of cyclic esters (lactones) is 1. The third-order valence-electron chi connectivity index (χ3n) is 11.9. The van der Waals surface area contributed by atoms with Gasteiger partial charge >= 0.3 is 5.97 Å². The van der Waals surface area contributed by atoms with Gasteiger partial charge in [0, 0.05) is 58.5 Å². The first-order valence-electron chi connectivity index (χ1n) is 21.1.